The van der Waals surface area contributed by atoms with Gasteiger partial charge in [0.25, 0.3) is 0 Å². The van der Waals surface area contributed by atoms with E-state index in [1.54, 1.807) is 0 Å². The molecule has 1 heterocycles. The summed E-state index contributed by atoms with van der Waals surface area (Å²) in [6.45, 7) is 5.83. The van der Waals surface area contributed by atoms with Gasteiger partial charge in [0.1, 0.15) is 0 Å². The lowest BCUT2D eigenvalue weighted by molar-refractivity contribution is 0.0257. The number of hydrogen-bond acceptors (Lipinski definition) is 4. The summed E-state index contributed by atoms with van der Waals surface area (Å²) in [5.41, 5.74) is 2.32. The van der Waals surface area contributed by atoms with E-state index in [0.29, 0.717) is 23.9 Å². The molecule has 0 saturated carbocycles. The molecule has 1 fully saturated rings. The molecule has 2 rings (SSSR count). The Kier molecular flexibility index (Phi) is 4.00. The Balaban J connectivity index is 2.54. The number of aromatic hydroxyl groups is 1. The second kappa shape index (κ2) is 5.34. The van der Waals surface area contributed by atoms with Crippen LogP contribution in [-0.4, -0.2) is 31.9 Å². The quantitative estimate of drug-likeness (QED) is 0.867. The number of ether oxygens (including phenoxy) is 2. The third-order valence-corrected chi connectivity index (χ3v) is 3.89. The van der Waals surface area contributed by atoms with Gasteiger partial charge in [0, 0.05) is 24.2 Å². The average Bonchev–Trinajstić information content (AvgIpc) is 2.38. The van der Waals surface area contributed by atoms with Gasteiger partial charge in [-0.2, -0.15) is 0 Å². The van der Waals surface area contributed by atoms with Crippen molar-refractivity contribution in [2.45, 2.75) is 20.0 Å². The van der Waals surface area contributed by atoms with Gasteiger partial charge in [0.05, 0.1) is 24.8 Å². The predicted octanol–water partition coefficient (Wildman–Crippen LogP) is 2.33. The van der Waals surface area contributed by atoms with Gasteiger partial charge in [0.2, 0.25) is 0 Å². The summed E-state index contributed by atoms with van der Waals surface area (Å²) in [6, 6.07) is 0. The monoisotopic (exact) mass is 271 g/mol. The Morgan fingerprint density at radius 3 is 2.67 bits per heavy atom. The lowest BCUT2D eigenvalue weighted by atomic mass is 9.97. The van der Waals surface area contributed by atoms with Crippen molar-refractivity contribution in [2.75, 3.05) is 26.8 Å². The van der Waals surface area contributed by atoms with Crippen molar-refractivity contribution in [3.8, 4) is 11.5 Å². The number of hydrogen-bond donors (Lipinski definition) is 2. The molecule has 5 heteroatoms. The van der Waals surface area contributed by atoms with Crippen molar-refractivity contribution >= 4 is 11.6 Å². The van der Waals surface area contributed by atoms with E-state index in [1.807, 2.05) is 13.8 Å². The highest BCUT2D eigenvalue weighted by Crippen LogP contribution is 2.44. The second-order valence-corrected chi connectivity index (χ2v) is 4.80. The molecule has 0 aromatic heterocycles. The number of phenolic OH excluding ortho intramolecular Hbond substituents is 1. The minimum absolute atomic E-state index is 0.130. The fourth-order valence-electron chi connectivity index (χ4n) is 2.37. The number of phenols is 1. The largest absolute Gasteiger partial charge is 0.504 e. The van der Waals surface area contributed by atoms with Crippen LogP contribution >= 0.6 is 11.6 Å². The minimum Gasteiger partial charge on any atom is -0.504 e. The molecule has 2 N–H and O–H groups in total. The van der Waals surface area contributed by atoms with E-state index in [-0.39, 0.29) is 11.9 Å². The van der Waals surface area contributed by atoms with Gasteiger partial charge in [-0.25, -0.2) is 0 Å². The molecule has 0 spiro atoms. The Morgan fingerprint density at radius 1 is 1.39 bits per heavy atom. The van der Waals surface area contributed by atoms with Gasteiger partial charge in [-0.05, 0) is 19.4 Å². The number of rotatable bonds is 2. The first-order valence-corrected chi connectivity index (χ1v) is 6.33. The maximum absolute atomic E-state index is 10.3. The van der Waals surface area contributed by atoms with E-state index < -0.39 is 0 Å². The van der Waals surface area contributed by atoms with Gasteiger partial charge in [0.15, 0.2) is 11.5 Å². The van der Waals surface area contributed by atoms with Crippen molar-refractivity contribution in [3.05, 3.63) is 21.7 Å². The summed E-state index contributed by atoms with van der Waals surface area (Å²) < 4.78 is 10.9. The van der Waals surface area contributed by atoms with Crippen LogP contribution in [0.15, 0.2) is 0 Å². The van der Waals surface area contributed by atoms with E-state index >= 15 is 0 Å². The van der Waals surface area contributed by atoms with E-state index in [1.165, 1.54) is 7.11 Å². The van der Waals surface area contributed by atoms with Crippen LogP contribution < -0.4 is 10.1 Å². The molecule has 1 aliphatic rings. The number of methoxy groups -OCH3 is 1. The molecule has 18 heavy (non-hydrogen) atoms. The molecule has 0 radical (unpaired) electrons. The van der Waals surface area contributed by atoms with Gasteiger partial charge >= 0.3 is 0 Å². The molecule has 1 unspecified atom stereocenters. The maximum Gasteiger partial charge on any atom is 0.165 e. The second-order valence-electron chi connectivity index (χ2n) is 4.42. The first kappa shape index (κ1) is 13.5. The van der Waals surface area contributed by atoms with Crippen molar-refractivity contribution in [3.63, 3.8) is 0 Å². The molecular formula is C13H18ClNO3. The zero-order valence-electron chi connectivity index (χ0n) is 10.8. The number of benzene rings is 1. The van der Waals surface area contributed by atoms with Crippen LogP contribution in [0.25, 0.3) is 0 Å². The summed E-state index contributed by atoms with van der Waals surface area (Å²) in [5.74, 6) is 0.556. The molecule has 0 bridgehead atoms. The van der Waals surface area contributed by atoms with Gasteiger partial charge in [-0.1, -0.05) is 11.6 Å². The molecule has 0 amide bonds. The fourth-order valence-corrected chi connectivity index (χ4v) is 2.56. The van der Waals surface area contributed by atoms with Crippen LogP contribution in [-0.2, 0) is 4.74 Å². The third kappa shape index (κ3) is 2.16. The topological polar surface area (TPSA) is 50.7 Å². The van der Waals surface area contributed by atoms with Crippen molar-refractivity contribution in [2.24, 2.45) is 0 Å². The Bertz CT molecular complexity index is 456. The molecule has 4 nitrogen and oxygen atoms in total. The van der Waals surface area contributed by atoms with E-state index in [9.17, 15) is 5.11 Å². The Morgan fingerprint density at radius 2 is 2.11 bits per heavy atom. The molecule has 0 aliphatic carbocycles. The van der Waals surface area contributed by atoms with Crippen LogP contribution in [0.2, 0.25) is 5.02 Å². The fraction of sp³-hybridized carbons (Fsp3) is 0.538. The maximum atomic E-state index is 10.3. The standard InChI is InChI=1S/C13H18ClNO3/c1-7-10(9-6-15-4-5-18-9)12(16)13(17-3)8(2)11(7)14/h9,15-16H,4-6H2,1-3H3. The highest BCUT2D eigenvalue weighted by Gasteiger charge is 2.26. The number of halogens is 1. The molecular weight excluding hydrogens is 254 g/mol. The highest BCUT2D eigenvalue weighted by atomic mass is 35.5. The molecule has 1 aliphatic heterocycles. The summed E-state index contributed by atoms with van der Waals surface area (Å²) in [7, 11) is 1.53. The zero-order chi connectivity index (χ0) is 13.3. The van der Waals surface area contributed by atoms with Crippen LogP contribution in [0.3, 0.4) is 0 Å². The predicted molar refractivity (Wildman–Crippen MR) is 70.7 cm³/mol. The Labute approximate surface area is 112 Å². The number of morpholine rings is 1. The first-order valence-electron chi connectivity index (χ1n) is 5.95. The molecule has 1 aromatic carbocycles. The highest BCUT2D eigenvalue weighted by molar-refractivity contribution is 6.32. The van der Waals surface area contributed by atoms with Gasteiger partial charge < -0.3 is 19.9 Å². The van der Waals surface area contributed by atoms with Gasteiger partial charge in [-0.15, -0.1) is 0 Å². The Hall–Kier alpha value is -0.970. The number of nitrogens with one attached hydrogen (secondary N) is 1. The normalized spacial score (nSPS) is 19.9. The van der Waals surface area contributed by atoms with Crippen LogP contribution in [0.5, 0.6) is 11.5 Å². The summed E-state index contributed by atoms with van der Waals surface area (Å²) >= 11 is 6.29. The summed E-state index contributed by atoms with van der Waals surface area (Å²) in [6.07, 6.45) is -0.189. The lowest BCUT2D eigenvalue weighted by Gasteiger charge is -2.27. The van der Waals surface area contributed by atoms with E-state index in [0.717, 1.165) is 23.2 Å². The lowest BCUT2D eigenvalue weighted by Crippen LogP contribution is -2.33. The van der Waals surface area contributed by atoms with Crippen LogP contribution in [0, 0.1) is 13.8 Å². The minimum atomic E-state index is -0.189. The van der Waals surface area contributed by atoms with Crippen LogP contribution in [0.1, 0.15) is 22.8 Å². The van der Waals surface area contributed by atoms with Crippen molar-refractivity contribution < 1.29 is 14.6 Å². The van der Waals surface area contributed by atoms with E-state index in [4.69, 9.17) is 21.1 Å². The zero-order valence-corrected chi connectivity index (χ0v) is 11.6. The van der Waals surface area contributed by atoms with E-state index in [2.05, 4.69) is 5.32 Å². The summed E-state index contributed by atoms with van der Waals surface area (Å²) in [4.78, 5) is 0. The van der Waals surface area contributed by atoms with Crippen molar-refractivity contribution in [1.29, 1.82) is 0 Å². The molecule has 100 valence electrons. The SMILES string of the molecule is COc1c(C)c(Cl)c(C)c(C2CNCCO2)c1O. The van der Waals surface area contributed by atoms with Crippen molar-refractivity contribution in [1.82, 2.24) is 5.32 Å². The average molecular weight is 272 g/mol. The van der Waals surface area contributed by atoms with Crippen LogP contribution in [0.4, 0.5) is 0 Å². The molecule has 1 aromatic rings. The third-order valence-electron chi connectivity index (χ3n) is 3.33. The first-order chi connectivity index (χ1) is 8.57. The van der Waals surface area contributed by atoms with Gasteiger partial charge in [-0.3, -0.25) is 0 Å². The summed E-state index contributed by atoms with van der Waals surface area (Å²) in [5, 5.41) is 14.2. The smallest absolute Gasteiger partial charge is 0.165 e. The molecule has 1 saturated heterocycles. The molecule has 1 atom stereocenters.